The van der Waals surface area contributed by atoms with Crippen molar-refractivity contribution in [3.05, 3.63) is 44.4 Å². The second-order valence-electron chi connectivity index (χ2n) is 4.09. The third-order valence-corrected chi connectivity index (χ3v) is 4.24. The average molecular weight is 375 g/mol. The van der Waals surface area contributed by atoms with E-state index in [1.165, 1.54) is 0 Å². The zero-order valence-electron chi connectivity index (χ0n) is 10.1. The van der Waals surface area contributed by atoms with E-state index in [1.807, 2.05) is 26.1 Å². The molecule has 2 aromatic rings. The van der Waals surface area contributed by atoms with Gasteiger partial charge in [-0.05, 0) is 50.9 Å². The van der Waals surface area contributed by atoms with Gasteiger partial charge in [-0.2, -0.15) is 5.10 Å². The minimum absolute atomic E-state index is 0.479. The van der Waals surface area contributed by atoms with Crippen LogP contribution in [0.1, 0.15) is 23.2 Å². The monoisotopic (exact) mass is 373 g/mol. The molecule has 96 valence electrons. The Morgan fingerprint density at radius 3 is 2.61 bits per heavy atom. The molecule has 4 nitrogen and oxygen atoms in total. The summed E-state index contributed by atoms with van der Waals surface area (Å²) in [5.74, 6) is 0. The van der Waals surface area contributed by atoms with Crippen LogP contribution in [0.25, 0.3) is 0 Å². The first-order chi connectivity index (χ1) is 8.49. The Balaban J connectivity index is 2.21. The van der Waals surface area contributed by atoms with Crippen LogP contribution < -0.4 is 0 Å². The summed E-state index contributed by atoms with van der Waals surface area (Å²) < 4.78 is 3.62. The highest BCUT2D eigenvalue weighted by Gasteiger charge is 2.17. The summed E-state index contributed by atoms with van der Waals surface area (Å²) in [5.41, 5.74) is 2.54. The second-order valence-corrected chi connectivity index (χ2v) is 5.80. The molecule has 2 aromatic heterocycles. The SMILES string of the molecule is Cc1nn(C)c(CC(O)c2ccc(Br)cn2)c1Br. The maximum atomic E-state index is 10.2. The maximum absolute atomic E-state index is 10.2. The van der Waals surface area contributed by atoms with E-state index in [9.17, 15) is 5.11 Å². The summed E-state index contributed by atoms with van der Waals surface area (Å²) in [7, 11) is 1.87. The van der Waals surface area contributed by atoms with Crippen LogP contribution >= 0.6 is 31.9 Å². The molecule has 0 aromatic carbocycles. The molecule has 0 aliphatic heterocycles. The van der Waals surface area contributed by atoms with Crippen molar-refractivity contribution >= 4 is 31.9 Å². The standard InChI is InChI=1S/C12H13Br2N3O/c1-7-12(14)10(17(2)16-7)5-11(18)9-4-3-8(13)6-15-9/h3-4,6,11,18H,5H2,1-2H3. The highest BCUT2D eigenvalue weighted by atomic mass is 79.9. The van der Waals surface area contributed by atoms with Gasteiger partial charge in [-0.15, -0.1) is 0 Å². The highest BCUT2D eigenvalue weighted by molar-refractivity contribution is 9.10. The first kappa shape index (κ1) is 13.7. The summed E-state index contributed by atoms with van der Waals surface area (Å²) in [6.07, 6.45) is 1.53. The number of halogens is 2. The van der Waals surface area contributed by atoms with Gasteiger partial charge in [-0.3, -0.25) is 9.67 Å². The molecule has 18 heavy (non-hydrogen) atoms. The lowest BCUT2D eigenvalue weighted by Gasteiger charge is -2.10. The van der Waals surface area contributed by atoms with Crippen molar-refractivity contribution in [2.75, 3.05) is 0 Å². The normalized spacial score (nSPS) is 12.7. The van der Waals surface area contributed by atoms with Crippen LogP contribution in [0.4, 0.5) is 0 Å². The van der Waals surface area contributed by atoms with Crippen molar-refractivity contribution in [2.24, 2.45) is 7.05 Å². The molecule has 0 spiro atoms. The fourth-order valence-electron chi connectivity index (χ4n) is 1.77. The predicted molar refractivity (Wildman–Crippen MR) is 76.2 cm³/mol. The zero-order chi connectivity index (χ0) is 13.3. The van der Waals surface area contributed by atoms with Crippen molar-refractivity contribution in [1.29, 1.82) is 0 Å². The van der Waals surface area contributed by atoms with Crippen LogP contribution in [0.2, 0.25) is 0 Å². The summed E-state index contributed by atoms with van der Waals surface area (Å²) in [6.45, 7) is 1.93. The number of pyridine rings is 1. The summed E-state index contributed by atoms with van der Waals surface area (Å²) in [5, 5.41) is 14.5. The predicted octanol–water partition coefficient (Wildman–Crippen LogP) is 2.92. The zero-order valence-corrected chi connectivity index (χ0v) is 13.2. The minimum atomic E-state index is -0.635. The summed E-state index contributed by atoms with van der Waals surface area (Å²) >= 11 is 6.81. The van der Waals surface area contributed by atoms with Crippen LogP contribution in [0, 0.1) is 6.92 Å². The van der Waals surface area contributed by atoms with Gasteiger partial charge in [0, 0.05) is 24.1 Å². The number of aliphatic hydroxyl groups excluding tert-OH is 1. The molecule has 2 heterocycles. The molecular weight excluding hydrogens is 362 g/mol. The van der Waals surface area contributed by atoms with Gasteiger partial charge >= 0.3 is 0 Å². The summed E-state index contributed by atoms with van der Waals surface area (Å²) in [4.78, 5) is 4.20. The Bertz CT molecular complexity index is 551. The number of nitrogens with zero attached hydrogens (tertiary/aromatic N) is 3. The van der Waals surface area contributed by atoms with E-state index in [0.717, 1.165) is 20.3 Å². The van der Waals surface area contributed by atoms with Crippen molar-refractivity contribution < 1.29 is 5.11 Å². The molecular formula is C12H13Br2N3O. The van der Waals surface area contributed by atoms with E-state index in [4.69, 9.17) is 0 Å². The Hall–Kier alpha value is -0.720. The van der Waals surface area contributed by atoms with Crippen LogP contribution in [-0.2, 0) is 13.5 Å². The Morgan fingerprint density at radius 2 is 2.11 bits per heavy atom. The topological polar surface area (TPSA) is 50.9 Å². The van der Waals surface area contributed by atoms with E-state index < -0.39 is 6.10 Å². The molecule has 0 aliphatic rings. The molecule has 1 N–H and O–H groups in total. The van der Waals surface area contributed by atoms with Gasteiger partial charge in [0.05, 0.1) is 21.6 Å². The fourth-order valence-corrected chi connectivity index (χ4v) is 2.51. The van der Waals surface area contributed by atoms with Crippen LogP contribution in [0.15, 0.2) is 27.3 Å². The Morgan fingerprint density at radius 1 is 1.39 bits per heavy atom. The third kappa shape index (κ3) is 2.81. The number of aryl methyl sites for hydroxylation is 2. The number of hydrogen-bond donors (Lipinski definition) is 1. The average Bonchev–Trinajstić information content (AvgIpc) is 2.57. The number of rotatable bonds is 3. The highest BCUT2D eigenvalue weighted by Crippen LogP contribution is 2.25. The van der Waals surface area contributed by atoms with Gasteiger partial charge in [0.15, 0.2) is 0 Å². The smallest absolute Gasteiger partial charge is 0.101 e. The molecule has 1 unspecified atom stereocenters. The molecule has 0 aliphatic carbocycles. The van der Waals surface area contributed by atoms with Crippen molar-refractivity contribution in [1.82, 2.24) is 14.8 Å². The second kappa shape index (κ2) is 5.50. The van der Waals surface area contributed by atoms with Crippen LogP contribution in [-0.4, -0.2) is 19.9 Å². The molecule has 2 rings (SSSR count). The van der Waals surface area contributed by atoms with E-state index in [1.54, 1.807) is 10.9 Å². The number of aromatic nitrogens is 3. The first-order valence-corrected chi connectivity index (χ1v) is 7.05. The lowest BCUT2D eigenvalue weighted by atomic mass is 10.1. The van der Waals surface area contributed by atoms with E-state index >= 15 is 0 Å². The van der Waals surface area contributed by atoms with E-state index in [-0.39, 0.29) is 0 Å². The Kier molecular flexibility index (Phi) is 4.19. The van der Waals surface area contributed by atoms with Gasteiger partial charge in [0.1, 0.15) is 6.10 Å². The van der Waals surface area contributed by atoms with E-state index in [2.05, 4.69) is 41.9 Å². The quantitative estimate of drug-likeness (QED) is 0.898. The number of hydrogen-bond acceptors (Lipinski definition) is 3. The lowest BCUT2D eigenvalue weighted by Crippen LogP contribution is -2.08. The molecule has 0 saturated heterocycles. The third-order valence-electron chi connectivity index (χ3n) is 2.74. The first-order valence-electron chi connectivity index (χ1n) is 5.46. The van der Waals surface area contributed by atoms with E-state index in [0.29, 0.717) is 12.1 Å². The van der Waals surface area contributed by atoms with Gasteiger partial charge in [-0.25, -0.2) is 0 Å². The maximum Gasteiger partial charge on any atom is 0.101 e. The molecule has 1 atom stereocenters. The fraction of sp³-hybridized carbons (Fsp3) is 0.333. The van der Waals surface area contributed by atoms with Gasteiger partial charge in [-0.1, -0.05) is 0 Å². The Labute approximate surface area is 122 Å². The molecule has 0 fully saturated rings. The molecule has 0 amide bonds. The van der Waals surface area contributed by atoms with Gasteiger partial charge < -0.3 is 5.11 Å². The van der Waals surface area contributed by atoms with Gasteiger partial charge in [0.2, 0.25) is 0 Å². The van der Waals surface area contributed by atoms with Crippen molar-refractivity contribution in [2.45, 2.75) is 19.4 Å². The van der Waals surface area contributed by atoms with Crippen molar-refractivity contribution in [3.8, 4) is 0 Å². The number of aliphatic hydroxyl groups is 1. The van der Waals surface area contributed by atoms with Crippen LogP contribution in [0.5, 0.6) is 0 Å². The molecule has 0 radical (unpaired) electrons. The lowest BCUT2D eigenvalue weighted by molar-refractivity contribution is 0.171. The van der Waals surface area contributed by atoms with Gasteiger partial charge in [0.25, 0.3) is 0 Å². The molecule has 0 saturated carbocycles. The minimum Gasteiger partial charge on any atom is -0.386 e. The van der Waals surface area contributed by atoms with Crippen molar-refractivity contribution in [3.63, 3.8) is 0 Å². The summed E-state index contributed by atoms with van der Waals surface area (Å²) in [6, 6.07) is 3.68. The largest absolute Gasteiger partial charge is 0.386 e. The molecule has 6 heteroatoms. The van der Waals surface area contributed by atoms with Crippen LogP contribution in [0.3, 0.4) is 0 Å². The molecule has 0 bridgehead atoms.